The van der Waals surface area contributed by atoms with Crippen molar-refractivity contribution in [2.75, 3.05) is 4.72 Å². The number of primary amides is 1. The summed E-state index contributed by atoms with van der Waals surface area (Å²) in [6.07, 6.45) is 0.443. The summed E-state index contributed by atoms with van der Waals surface area (Å²) in [5.41, 5.74) is 5.31. The molecule has 5 nitrogen and oxygen atoms in total. The van der Waals surface area contributed by atoms with Crippen molar-refractivity contribution < 1.29 is 13.2 Å². The number of sulfonamides is 1. The van der Waals surface area contributed by atoms with Crippen LogP contribution in [-0.2, 0) is 20.2 Å². The number of carbonyl (C=O) groups excluding carboxylic acids is 1. The summed E-state index contributed by atoms with van der Waals surface area (Å²) in [6.45, 7) is 5.13. The molecule has 0 fully saturated rings. The van der Waals surface area contributed by atoms with Crippen molar-refractivity contribution in [2.24, 2.45) is 5.73 Å². The fourth-order valence-corrected chi connectivity index (χ4v) is 5.90. The van der Waals surface area contributed by atoms with Gasteiger partial charge in [-0.05, 0) is 49.4 Å². The molecule has 0 aliphatic carbocycles. The van der Waals surface area contributed by atoms with Crippen LogP contribution in [0.3, 0.4) is 0 Å². The summed E-state index contributed by atoms with van der Waals surface area (Å²) < 4.78 is 28.2. The number of hydrogen-bond acceptors (Lipinski definition) is 4. The van der Waals surface area contributed by atoms with Gasteiger partial charge in [-0.1, -0.05) is 30.1 Å². The lowest BCUT2D eigenvalue weighted by atomic mass is 9.84. The van der Waals surface area contributed by atoms with Gasteiger partial charge in [-0.15, -0.1) is 11.3 Å². The summed E-state index contributed by atoms with van der Waals surface area (Å²) in [5.74, 6) is -0.515. The van der Waals surface area contributed by atoms with Gasteiger partial charge >= 0.3 is 0 Å². The van der Waals surface area contributed by atoms with Gasteiger partial charge in [0.15, 0.2) is 0 Å². The smallest absolute Gasteiger partial charge is 0.263 e. The SMILES string of the molecule is CCC(C)(C(N)=O)c1sccc1NS(=O)(=O)c1c(C)cc(Cl)cc1Cl. The van der Waals surface area contributed by atoms with Crippen molar-refractivity contribution in [1.82, 2.24) is 0 Å². The number of carbonyl (C=O) groups is 1. The minimum atomic E-state index is -3.96. The Morgan fingerprint density at radius 1 is 1.36 bits per heavy atom. The van der Waals surface area contributed by atoms with Crippen LogP contribution >= 0.6 is 34.5 Å². The van der Waals surface area contributed by atoms with Gasteiger partial charge < -0.3 is 5.73 Å². The van der Waals surface area contributed by atoms with Crippen LogP contribution in [0.25, 0.3) is 0 Å². The van der Waals surface area contributed by atoms with Crippen LogP contribution in [0, 0.1) is 6.92 Å². The summed E-state index contributed by atoms with van der Waals surface area (Å²) >= 11 is 13.3. The van der Waals surface area contributed by atoms with Crippen molar-refractivity contribution in [3.63, 3.8) is 0 Å². The van der Waals surface area contributed by atoms with Crippen LogP contribution in [0.5, 0.6) is 0 Å². The number of anilines is 1. The molecule has 1 unspecified atom stereocenters. The summed E-state index contributed by atoms with van der Waals surface area (Å²) in [5, 5.41) is 2.09. The van der Waals surface area contributed by atoms with E-state index in [9.17, 15) is 13.2 Å². The zero-order valence-electron chi connectivity index (χ0n) is 13.9. The van der Waals surface area contributed by atoms with E-state index in [1.165, 1.54) is 23.5 Å². The monoisotopic (exact) mass is 420 g/mol. The lowest BCUT2D eigenvalue weighted by Gasteiger charge is -2.25. The molecule has 2 rings (SSSR count). The van der Waals surface area contributed by atoms with Gasteiger partial charge in [0, 0.05) is 9.90 Å². The van der Waals surface area contributed by atoms with Crippen LogP contribution < -0.4 is 10.5 Å². The van der Waals surface area contributed by atoms with Gasteiger partial charge in [-0.2, -0.15) is 0 Å². The van der Waals surface area contributed by atoms with Gasteiger partial charge in [0.05, 0.1) is 16.1 Å². The molecule has 2 aromatic rings. The Balaban J connectivity index is 2.52. The Labute approximate surface area is 161 Å². The molecule has 0 aliphatic rings. The van der Waals surface area contributed by atoms with Crippen molar-refractivity contribution >= 4 is 56.2 Å². The number of halogens is 2. The standard InChI is InChI=1S/C16H18Cl2N2O3S2/c1-4-16(3,15(19)21)14-12(5-6-24-14)20-25(22,23)13-9(2)7-10(17)8-11(13)18/h5-8,20H,4H2,1-3H3,(H2,19,21). The predicted molar refractivity (Wildman–Crippen MR) is 103 cm³/mol. The molecule has 0 spiro atoms. The molecule has 0 saturated carbocycles. The molecule has 1 aromatic heterocycles. The third-order valence-electron chi connectivity index (χ3n) is 4.12. The zero-order chi connectivity index (χ0) is 19.0. The number of benzene rings is 1. The molecule has 1 amide bonds. The second-order valence-corrected chi connectivity index (χ2v) is 9.23. The van der Waals surface area contributed by atoms with Gasteiger partial charge in [-0.3, -0.25) is 9.52 Å². The maximum absolute atomic E-state index is 12.8. The Hall–Kier alpha value is -1.28. The molecule has 0 aliphatic heterocycles. The third kappa shape index (κ3) is 3.79. The van der Waals surface area contributed by atoms with Crippen LogP contribution in [0.4, 0.5) is 5.69 Å². The number of nitrogens with one attached hydrogen (secondary N) is 1. The lowest BCUT2D eigenvalue weighted by Crippen LogP contribution is -2.37. The highest BCUT2D eigenvalue weighted by atomic mass is 35.5. The number of hydrogen-bond donors (Lipinski definition) is 2. The first-order valence-corrected chi connectivity index (χ1v) is 10.5. The fourth-order valence-electron chi connectivity index (χ4n) is 2.49. The highest BCUT2D eigenvalue weighted by Gasteiger charge is 2.36. The highest BCUT2D eigenvalue weighted by molar-refractivity contribution is 7.93. The normalized spacial score (nSPS) is 14.1. The van der Waals surface area contributed by atoms with Crippen LogP contribution in [0.2, 0.25) is 10.0 Å². The van der Waals surface area contributed by atoms with Crippen LogP contribution in [0.1, 0.15) is 30.7 Å². The maximum atomic E-state index is 12.8. The van der Waals surface area contributed by atoms with Crippen LogP contribution in [-0.4, -0.2) is 14.3 Å². The second-order valence-electron chi connectivity index (χ2n) is 5.85. The number of thiophene rings is 1. The van der Waals surface area contributed by atoms with E-state index in [2.05, 4.69) is 4.72 Å². The molecule has 9 heteroatoms. The van der Waals surface area contributed by atoms with E-state index < -0.39 is 21.3 Å². The van der Waals surface area contributed by atoms with Crippen molar-refractivity contribution in [3.05, 3.63) is 44.1 Å². The number of amides is 1. The summed E-state index contributed by atoms with van der Waals surface area (Å²) in [6, 6.07) is 4.50. The van der Waals surface area contributed by atoms with E-state index in [-0.39, 0.29) is 9.92 Å². The van der Waals surface area contributed by atoms with E-state index in [0.29, 0.717) is 27.6 Å². The van der Waals surface area contributed by atoms with Crippen molar-refractivity contribution in [1.29, 1.82) is 0 Å². The van der Waals surface area contributed by atoms with Crippen LogP contribution in [0.15, 0.2) is 28.5 Å². The minimum absolute atomic E-state index is 0.0300. The molecular weight excluding hydrogens is 403 g/mol. The summed E-state index contributed by atoms with van der Waals surface area (Å²) in [7, 11) is -3.96. The molecule has 25 heavy (non-hydrogen) atoms. The fraction of sp³-hybridized carbons (Fsp3) is 0.312. The van der Waals surface area contributed by atoms with E-state index >= 15 is 0 Å². The topological polar surface area (TPSA) is 89.3 Å². The number of nitrogens with two attached hydrogens (primary N) is 1. The third-order valence-corrected chi connectivity index (χ3v) is 7.50. The Morgan fingerprint density at radius 2 is 2.00 bits per heavy atom. The molecule has 1 heterocycles. The average molecular weight is 421 g/mol. The first kappa shape index (κ1) is 20.0. The Kier molecular flexibility index (Phi) is 5.73. The predicted octanol–water partition coefficient (Wildman–Crippen LogP) is 4.32. The first-order chi connectivity index (χ1) is 11.5. The zero-order valence-corrected chi connectivity index (χ0v) is 17.0. The van der Waals surface area contributed by atoms with Gasteiger partial charge in [0.1, 0.15) is 4.90 Å². The van der Waals surface area contributed by atoms with E-state index in [4.69, 9.17) is 28.9 Å². The summed E-state index contributed by atoms with van der Waals surface area (Å²) in [4.78, 5) is 12.4. The molecule has 0 bridgehead atoms. The quantitative estimate of drug-likeness (QED) is 0.728. The molecule has 1 atom stereocenters. The van der Waals surface area contributed by atoms with E-state index in [0.717, 1.165) is 0 Å². The Morgan fingerprint density at radius 3 is 2.52 bits per heavy atom. The molecule has 0 radical (unpaired) electrons. The molecular formula is C16H18Cl2N2O3S2. The second kappa shape index (κ2) is 7.15. The van der Waals surface area contributed by atoms with Gasteiger partial charge in [0.2, 0.25) is 5.91 Å². The van der Waals surface area contributed by atoms with Gasteiger partial charge in [0.25, 0.3) is 10.0 Å². The largest absolute Gasteiger partial charge is 0.369 e. The van der Waals surface area contributed by atoms with Gasteiger partial charge in [-0.25, -0.2) is 8.42 Å². The number of rotatable bonds is 6. The molecule has 3 N–H and O–H groups in total. The molecule has 136 valence electrons. The van der Waals surface area contributed by atoms with E-state index in [1.807, 2.05) is 6.92 Å². The molecule has 1 aromatic carbocycles. The first-order valence-electron chi connectivity index (χ1n) is 7.39. The highest BCUT2D eigenvalue weighted by Crippen LogP contribution is 2.39. The lowest BCUT2D eigenvalue weighted by molar-refractivity contribution is -0.122. The minimum Gasteiger partial charge on any atom is -0.369 e. The average Bonchev–Trinajstić information content (AvgIpc) is 2.92. The number of aryl methyl sites for hydroxylation is 1. The Bertz CT molecular complexity index is 902. The van der Waals surface area contributed by atoms with Crippen molar-refractivity contribution in [2.45, 2.75) is 37.5 Å². The maximum Gasteiger partial charge on any atom is 0.263 e. The van der Waals surface area contributed by atoms with Crippen molar-refractivity contribution in [3.8, 4) is 0 Å². The molecule has 0 saturated heterocycles. The van der Waals surface area contributed by atoms with E-state index in [1.54, 1.807) is 25.3 Å².